The van der Waals surface area contributed by atoms with E-state index >= 15 is 0 Å². The van der Waals surface area contributed by atoms with E-state index in [2.05, 4.69) is 86.0 Å². The van der Waals surface area contributed by atoms with Crippen molar-refractivity contribution in [2.24, 2.45) is 5.10 Å². The summed E-state index contributed by atoms with van der Waals surface area (Å²) in [4.78, 5) is 0. The fourth-order valence-electron chi connectivity index (χ4n) is 3.36. The molecule has 1 aliphatic carbocycles. The number of nitrogens with zero attached hydrogens (tertiary/aromatic N) is 1. The van der Waals surface area contributed by atoms with Gasteiger partial charge in [0.2, 0.25) is 0 Å². The van der Waals surface area contributed by atoms with Gasteiger partial charge in [0.25, 0.3) is 0 Å². The summed E-state index contributed by atoms with van der Waals surface area (Å²) in [6.45, 7) is 5.01. The zero-order valence-corrected chi connectivity index (χ0v) is 14.0. The second-order valence-corrected chi connectivity index (χ2v) is 6.32. The third-order valence-corrected chi connectivity index (χ3v) is 4.61. The Morgan fingerprint density at radius 2 is 1.33 bits per heavy atom. The maximum absolute atomic E-state index is 4.73. The lowest BCUT2D eigenvalue weighted by Gasteiger charge is -2.08. The number of hydrogen-bond donors (Lipinski definition) is 1. The maximum atomic E-state index is 4.73. The zero-order valence-electron chi connectivity index (χ0n) is 14.0. The van der Waals surface area contributed by atoms with E-state index in [-0.39, 0.29) is 0 Å². The Morgan fingerprint density at radius 1 is 0.750 bits per heavy atom. The van der Waals surface area contributed by atoms with Gasteiger partial charge in [-0.1, -0.05) is 72.3 Å². The fourth-order valence-corrected chi connectivity index (χ4v) is 3.36. The van der Waals surface area contributed by atoms with Gasteiger partial charge in [-0.15, -0.1) is 0 Å². The lowest BCUT2D eigenvalue weighted by atomic mass is 10.1. The molecular weight excluding hydrogens is 292 g/mol. The van der Waals surface area contributed by atoms with Crippen molar-refractivity contribution in [2.75, 3.05) is 0 Å². The van der Waals surface area contributed by atoms with E-state index in [0.29, 0.717) is 0 Å². The number of nitrogens with one attached hydrogen (secondary N) is 1. The standard InChI is InChI=1S/C22H20N2/c1-15-11-12-17(16(2)13-15)14-23-24-22-20-9-5-3-7-18(20)19-8-4-6-10-21(19)22/h3-13,23H,14H2,1-2H3. The van der Waals surface area contributed by atoms with Gasteiger partial charge in [0, 0.05) is 11.1 Å². The molecule has 0 atom stereocenters. The Balaban J connectivity index is 1.65. The number of rotatable bonds is 3. The highest BCUT2D eigenvalue weighted by Crippen LogP contribution is 2.36. The fraction of sp³-hybridized carbons (Fsp3) is 0.136. The Hall–Kier alpha value is -2.87. The third-order valence-electron chi connectivity index (χ3n) is 4.61. The first kappa shape index (κ1) is 14.7. The van der Waals surface area contributed by atoms with Gasteiger partial charge in [0.15, 0.2) is 0 Å². The van der Waals surface area contributed by atoms with E-state index in [1.165, 1.54) is 38.9 Å². The smallest absolute Gasteiger partial charge is 0.0986 e. The minimum Gasteiger partial charge on any atom is -0.305 e. The molecule has 0 spiro atoms. The highest BCUT2D eigenvalue weighted by atomic mass is 15.3. The third kappa shape index (κ3) is 2.50. The molecule has 0 saturated heterocycles. The molecule has 2 heteroatoms. The van der Waals surface area contributed by atoms with E-state index in [1.807, 2.05) is 0 Å². The van der Waals surface area contributed by atoms with Gasteiger partial charge in [-0.25, -0.2) is 0 Å². The number of benzene rings is 3. The lowest BCUT2D eigenvalue weighted by Crippen LogP contribution is -2.11. The summed E-state index contributed by atoms with van der Waals surface area (Å²) < 4.78 is 0. The Morgan fingerprint density at radius 3 is 1.92 bits per heavy atom. The van der Waals surface area contributed by atoms with Crippen LogP contribution in [0.1, 0.15) is 27.8 Å². The van der Waals surface area contributed by atoms with Gasteiger partial charge in [-0.2, -0.15) is 5.10 Å². The molecule has 0 amide bonds. The monoisotopic (exact) mass is 312 g/mol. The summed E-state index contributed by atoms with van der Waals surface area (Å²) >= 11 is 0. The highest BCUT2D eigenvalue weighted by molar-refractivity contribution is 6.24. The summed E-state index contributed by atoms with van der Waals surface area (Å²) in [5.41, 5.74) is 13.1. The molecule has 0 fully saturated rings. The molecule has 4 rings (SSSR count). The van der Waals surface area contributed by atoms with Crippen molar-refractivity contribution < 1.29 is 0 Å². The average molecular weight is 312 g/mol. The number of hydrogen-bond acceptors (Lipinski definition) is 2. The molecule has 118 valence electrons. The van der Waals surface area contributed by atoms with Crippen LogP contribution in [0.3, 0.4) is 0 Å². The van der Waals surface area contributed by atoms with Crippen molar-refractivity contribution in [1.82, 2.24) is 5.43 Å². The second-order valence-electron chi connectivity index (χ2n) is 6.32. The quantitative estimate of drug-likeness (QED) is 0.539. The minimum atomic E-state index is 0.736. The summed E-state index contributed by atoms with van der Waals surface area (Å²) in [7, 11) is 0. The highest BCUT2D eigenvalue weighted by Gasteiger charge is 2.23. The van der Waals surface area contributed by atoms with Crippen LogP contribution in [0.2, 0.25) is 0 Å². The van der Waals surface area contributed by atoms with Crippen molar-refractivity contribution in [1.29, 1.82) is 0 Å². The number of fused-ring (bicyclic) bond motifs is 3. The Labute approximate surface area is 142 Å². The lowest BCUT2D eigenvalue weighted by molar-refractivity contribution is 0.741. The second kappa shape index (κ2) is 5.97. The molecule has 24 heavy (non-hydrogen) atoms. The van der Waals surface area contributed by atoms with Crippen molar-refractivity contribution in [2.45, 2.75) is 20.4 Å². The molecule has 0 unspecified atom stereocenters. The largest absolute Gasteiger partial charge is 0.305 e. The normalized spacial score (nSPS) is 11.8. The summed E-state index contributed by atoms with van der Waals surface area (Å²) in [6.07, 6.45) is 0. The minimum absolute atomic E-state index is 0.736. The predicted molar refractivity (Wildman–Crippen MR) is 100 cm³/mol. The van der Waals surface area contributed by atoms with E-state index in [9.17, 15) is 0 Å². The first-order valence-corrected chi connectivity index (χ1v) is 8.30. The van der Waals surface area contributed by atoms with Gasteiger partial charge in [0.1, 0.15) is 0 Å². The van der Waals surface area contributed by atoms with Crippen LogP contribution in [-0.4, -0.2) is 5.71 Å². The van der Waals surface area contributed by atoms with Crippen molar-refractivity contribution >= 4 is 5.71 Å². The summed E-state index contributed by atoms with van der Waals surface area (Å²) in [5, 5.41) is 4.73. The molecule has 0 radical (unpaired) electrons. The molecular formula is C22H20N2. The molecule has 1 aliphatic rings. The van der Waals surface area contributed by atoms with Gasteiger partial charge in [-0.3, -0.25) is 0 Å². The van der Waals surface area contributed by atoms with Crippen molar-refractivity contribution in [3.8, 4) is 11.1 Å². The van der Waals surface area contributed by atoms with E-state index < -0.39 is 0 Å². The van der Waals surface area contributed by atoms with Gasteiger partial charge >= 0.3 is 0 Å². The Bertz CT molecular complexity index is 891. The van der Waals surface area contributed by atoms with Crippen LogP contribution >= 0.6 is 0 Å². The van der Waals surface area contributed by atoms with Crippen LogP contribution in [0.5, 0.6) is 0 Å². The van der Waals surface area contributed by atoms with Crippen molar-refractivity contribution in [3.05, 3.63) is 94.5 Å². The molecule has 0 bridgehead atoms. The molecule has 1 N–H and O–H groups in total. The van der Waals surface area contributed by atoms with E-state index in [4.69, 9.17) is 5.10 Å². The van der Waals surface area contributed by atoms with Crippen LogP contribution in [0.25, 0.3) is 11.1 Å². The van der Waals surface area contributed by atoms with Gasteiger partial charge in [0.05, 0.1) is 12.3 Å². The van der Waals surface area contributed by atoms with E-state index in [1.54, 1.807) is 0 Å². The Kier molecular flexibility index (Phi) is 3.66. The van der Waals surface area contributed by atoms with Crippen LogP contribution in [0, 0.1) is 13.8 Å². The van der Waals surface area contributed by atoms with Crippen LogP contribution in [-0.2, 0) is 6.54 Å². The number of hydrazone groups is 1. The van der Waals surface area contributed by atoms with Crippen LogP contribution < -0.4 is 5.43 Å². The van der Waals surface area contributed by atoms with Crippen LogP contribution in [0.4, 0.5) is 0 Å². The van der Waals surface area contributed by atoms with Crippen molar-refractivity contribution in [3.63, 3.8) is 0 Å². The SMILES string of the molecule is Cc1ccc(CNN=C2c3ccccc3-c3ccccc32)c(C)c1. The van der Waals surface area contributed by atoms with Crippen LogP contribution in [0.15, 0.2) is 71.8 Å². The molecule has 0 aliphatic heterocycles. The number of aryl methyl sites for hydroxylation is 2. The summed E-state index contributed by atoms with van der Waals surface area (Å²) in [5.74, 6) is 0. The molecule has 0 saturated carbocycles. The first-order chi connectivity index (χ1) is 11.7. The molecule has 2 nitrogen and oxygen atoms in total. The summed E-state index contributed by atoms with van der Waals surface area (Å²) in [6, 6.07) is 23.5. The first-order valence-electron chi connectivity index (χ1n) is 8.30. The predicted octanol–water partition coefficient (Wildman–Crippen LogP) is 4.83. The average Bonchev–Trinajstić information content (AvgIpc) is 2.91. The maximum Gasteiger partial charge on any atom is 0.0986 e. The zero-order chi connectivity index (χ0) is 16.5. The topological polar surface area (TPSA) is 24.4 Å². The molecule has 3 aromatic carbocycles. The molecule has 0 heterocycles. The van der Waals surface area contributed by atoms with Gasteiger partial charge < -0.3 is 5.43 Å². The molecule has 3 aromatic rings. The van der Waals surface area contributed by atoms with E-state index in [0.717, 1.165) is 12.3 Å². The van der Waals surface area contributed by atoms with Gasteiger partial charge in [-0.05, 0) is 36.1 Å². The molecule has 0 aromatic heterocycles.